The van der Waals surface area contributed by atoms with E-state index in [9.17, 15) is 17.6 Å². The van der Waals surface area contributed by atoms with Crippen molar-refractivity contribution in [2.45, 2.75) is 124 Å². The molecule has 4 aromatic carbocycles. The fourth-order valence-electron chi connectivity index (χ4n) is 9.70. The maximum atomic E-state index is 15.1. The van der Waals surface area contributed by atoms with Gasteiger partial charge in [-0.25, -0.2) is 13.2 Å². The molecule has 0 atom stereocenters. The number of carbonyl (C=O) groups excluding carboxylic acids is 2. The summed E-state index contributed by atoms with van der Waals surface area (Å²) in [6, 6.07) is 4.50. The summed E-state index contributed by atoms with van der Waals surface area (Å²) >= 11 is 0. The van der Waals surface area contributed by atoms with E-state index in [-0.39, 0.29) is 101 Å². The molecule has 4 heterocycles. The second-order valence-corrected chi connectivity index (χ2v) is 16.3. The molecule has 8 rings (SSSR count). The minimum Gasteiger partial charge on any atom is -0.354 e. The van der Waals surface area contributed by atoms with Crippen LogP contribution in [-0.2, 0) is 32.7 Å². The van der Waals surface area contributed by atoms with Gasteiger partial charge in [-0.15, -0.1) is 0 Å². The van der Waals surface area contributed by atoms with Crippen LogP contribution in [0, 0.1) is 0 Å². The van der Waals surface area contributed by atoms with Crippen LogP contribution in [0.1, 0.15) is 134 Å². The summed E-state index contributed by atoms with van der Waals surface area (Å²) in [6.07, 6.45) is 5.78. The molecule has 0 radical (unpaired) electrons. The van der Waals surface area contributed by atoms with Gasteiger partial charge in [-0.3, -0.25) is 19.3 Å². The average Bonchev–Trinajstić information content (AvgIpc) is 3.81. The molecule has 0 bridgehead atoms. The molecular weight excluding hydrogens is 783 g/mol. The van der Waals surface area contributed by atoms with Crippen molar-refractivity contribution in [3.63, 3.8) is 0 Å². The Morgan fingerprint density at radius 1 is 0.567 bits per heavy atom. The van der Waals surface area contributed by atoms with E-state index >= 15 is 23.2 Å². The van der Waals surface area contributed by atoms with E-state index < -0.39 is 49.1 Å². The quantitative estimate of drug-likeness (QED) is 0.0544. The molecule has 1 aliphatic heterocycles. The van der Waals surface area contributed by atoms with Crippen molar-refractivity contribution in [1.29, 1.82) is 0 Å². The Kier molecular flexibility index (Phi) is 11.2. The normalized spacial score (nSPS) is 13.6. The molecule has 0 saturated carbocycles. The molecule has 0 saturated heterocycles. The van der Waals surface area contributed by atoms with Crippen molar-refractivity contribution in [3.8, 4) is 0 Å². The van der Waals surface area contributed by atoms with Gasteiger partial charge < -0.3 is 14.5 Å². The van der Waals surface area contributed by atoms with Gasteiger partial charge in [-0.05, 0) is 53.8 Å². The number of alkyl halides is 6. The highest BCUT2D eigenvalue weighted by molar-refractivity contribution is 6.45. The Labute approximate surface area is 341 Å². The van der Waals surface area contributed by atoms with Crippen molar-refractivity contribution >= 4 is 83.5 Å². The van der Waals surface area contributed by atoms with Crippen LogP contribution in [-0.4, -0.2) is 37.8 Å². The van der Waals surface area contributed by atoms with Gasteiger partial charge in [0.25, 0.3) is 17.4 Å². The van der Waals surface area contributed by atoms with E-state index in [0.717, 1.165) is 81.2 Å². The minimum absolute atomic E-state index is 0.00876. The van der Waals surface area contributed by atoms with Crippen molar-refractivity contribution in [2.75, 3.05) is 6.54 Å². The third-order valence-electron chi connectivity index (χ3n) is 12.5. The zero-order valence-corrected chi connectivity index (χ0v) is 33.9. The first kappa shape index (κ1) is 41.4. The maximum absolute atomic E-state index is 15.1. The van der Waals surface area contributed by atoms with Crippen LogP contribution in [0.4, 0.5) is 26.3 Å². The fraction of sp³-hybridized carbons (Fsp3) is 0.426. The highest BCUT2D eigenvalue weighted by Gasteiger charge is 2.41. The molecule has 2 amide bonds. The number of pyridine rings is 1. The number of unbranched alkanes of at least 4 members (excludes halogenated alkanes) is 10. The summed E-state index contributed by atoms with van der Waals surface area (Å²) in [5.41, 5.74) is -1.09. The van der Waals surface area contributed by atoms with Crippen LogP contribution in [0.3, 0.4) is 0 Å². The van der Waals surface area contributed by atoms with Crippen LogP contribution < -0.4 is 10.9 Å². The maximum Gasteiger partial charge on any atom is 0.416 e. The molecule has 7 aromatic rings. The molecule has 2 N–H and O–H groups in total. The van der Waals surface area contributed by atoms with Gasteiger partial charge in [0, 0.05) is 67.2 Å². The first-order chi connectivity index (χ1) is 28.9. The molecule has 13 heteroatoms. The number of benzene rings is 4. The van der Waals surface area contributed by atoms with Crippen molar-refractivity contribution in [3.05, 3.63) is 73.3 Å². The second-order valence-electron chi connectivity index (χ2n) is 16.3. The highest BCUT2D eigenvalue weighted by atomic mass is 19.4. The second kappa shape index (κ2) is 16.3. The Balaban J connectivity index is 1.55. The lowest BCUT2D eigenvalue weighted by Gasteiger charge is -2.30. The molecule has 0 spiro atoms. The molecule has 1 aliphatic rings. The van der Waals surface area contributed by atoms with Crippen molar-refractivity contribution in [2.24, 2.45) is 0 Å². The lowest BCUT2D eigenvalue weighted by atomic mass is 9.83. The SMILES string of the molecule is C=c1c2c3[nH]c4cc(C(F)(F)F)cc(CF)c4c3c3c4c(c5c([nH]c6cc(CF)cc(CF)c65)c(c(=O)n1CCCCCCCC)c42)C(=O)N(CCCCCCCC)C3=O. The van der Waals surface area contributed by atoms with Crippen molar-refractivity contribution in [1.82, 2.24) is 19.4 Å². The molecule has 316 valence electrons. The van der Waals surface area contributed by atoms with E-state index in [2.05, 4.69) is 30.4 Å². The van der Waals surface area contributed by atoms with E-state index in [0.29, 0.717) is 23.7 Å². The van der Waals surface area contributed by atoms with Gasteiger partial charge in [-0.2, -0.15) is 13.2 Å². The zero-order chi connectivity index (χ0) is 42.6. The number of carbonyl (C=O) groups is 2. The molecule has 0 unspecified atom stereocenters. The largest absolute Gasteiger partial charge is 0.416 e. The monoisotopic (exact) mass is 830 g/mol. The number of nitrogens with zero attached hydrogens (tertiary/aromatic N) is 2. The Bertz CT molecular complexity index is 2960. The van der Waals surface area contributed by atoms with Gasteiger partial charge in [-0.1, -0.05) is 84.6 Å². The minimum atomic E-state index is -4.82. The summed E-state index contributed by atoms with van der Waals surface area (Å²) < 4.78 is 88.8. The molecule has 0 fully saturated rings. The van der Waals surface area contributed by atoms with Crippen LogP contribution in [0.15, 0.2) is 29.1 Å². The average molecular weight is 831 g/mol. The number of nitrogens with one attached hydrogen (secondary N) is 2. The van der Waals surface area contributed by atoms with Gasteiger partial charge >= 0.3 is 6.18 Å². The summed E-state index contributed by atoms with van der Waals surface area (Å²) in [7, 11) is 0. The number of amides is 2. The van der Waals surface area contributed by atoms with E-state index in [1.165, 1.54) is 16.7 Å². The van der Waals surface area contributed by atoms with Crippen molar-refractivity contribution < 1.29 is 35.9 Å². The number of aromatic nitrogens is 3. The third kappa shape index (κ3) is 6.54. The highest BCUT2D eigenvalue weighted by Crippen LogP contribution is 2.49. The lowest BCUT2D eigenvalue weighted by Crippen LogP contribution is -2.42. The number of halogens is 6. The van der Waals surface area contributed by atoms with Crippen LogP contribution in [0.2, 0.25) is 0 Å². The first-order valence-corrected chi connectivity index (χ1v) is 21.1. The third-order valence-corrected chi connectivity index (χ3v) is 12.5. The van der Waals surface area contributed by atoms with Crippen LogP contribution in [0.5, 0.6) is 0 Å². The number of imide groups is 1. The van der Waals surface area contributed by atoms with Crippen LogP contribution >= 0.6 is 0 Å². The van der Waals surface area contributed by atoms with Gasteiger partial charge in [0.05, 0.1) is 33.1 Å². The van der Waals surface area contributed by atoms with Gasteiger partial charge in [0.15, 0.2) is 0 Å². The zero-order valence-electron chi connectivity index (χ0n) is 33.9. The molecular formula is C47H48F6N4O3. The smallest absolute Gasteiger partial charge is 0.354 e. The molecule has 3 aromatic heterocycles. The van der Waals surface area contributed by atoms with Gasteiger partial charge in [0.2, 0.25) is 0 Å². The summed E-state index contributed by atoms with van der Waals surface area (Å²) in [5, 5.41) is 1.46. The first-order valence-electron chi connectivity index (χ1n) is 21.1. The van der Waals surface area contributed by atoms with E-state index in [1.54, 1.807) is 0 Å². The predicted octanol–water partition coefficient (Wildman–Crippen LogP) is 12.3. The number of hydrogen-bond acceptors (Lipinski definition) is 3. The number of fused-ring (bicyclic) bond motifs is 10. The molecule has 60 heavy (non-hydrogen) atoms. The van der Waals surface area contributed by atoms with E-state index in [1.807, 2.05) is 0 Å². The number of hydrogen-bond donors (Lipinski definition) is 2. The fourth-order valence-corrected chi connectivity index (χ4v) is 9.70. The summed E-state index contributed by atoms with van der Waals surface area (Å²) in [6.45, 7) is 5.59. The number of H-pyrrole nitrogens is 2. The predicted molar refractivity (Wildman–Crippen MR) is 227 cm³/mol. The number of rotatable bonds is 17. The Morgan fingerprint density at radius 3 is 1.63 bits per heavy atom. The summed E-state index contributed by atoms with van der Waals surface area (Å²) in [5.74, 6) is -1.41. The molecule has 0 aliphatic carbocycles. The molecule has 7 nitrogen and oxygen atoms in total. The van der Waals surface area contributed by atoms with E-state index in [4.69, 9.17) is 0 Å². The topological polar surface area (TPSA) is 91.0 Å². The summed E-state index contributed by atoms with van der Waals surface area (Å²) in [4.78, 5) is 52.8. The standard InChI is InChI=1S/C47H48F6N4O3/c1-4-6-8-10-12-14-16-56-25(3)32-35-36-39(37-34-28(24-50)20-29(47(51,52)53)21-31(34)55-42(32)37)44(58)57(17-15-13-11-9-7-5-2)45(59)40(36)38-33-27(23-49)18-26(22-48)19-30(33)54-43(38)41(35)46(56)60/h18-21,54-55H,3-17,22-24H2,1-2H3. The Hall–Kier alpha value is -5.33. The van der Waals surface area contributed by atoms with Gasteiger partial charge in [0.1, 0.15) is 20.0 Å². The lowest BCUT2D eigenvalue weighted by molar-refractivity contribution is -0.137. The van der Waals surface area contributed by atoms with Crippen LogP contribution in [0.25, 0.3) is 71.7 Å². The number of aromatic amines is 2. The Morgan fingerprint density at radius 2 is 1.08 bits per heavy atom.